The molecule has 108 valence electrons. The van der Waals surface area contributed by atoms with Gasteiger partial charge < -0.3 is 9.53 Å². The standard InChI is InChI=1S/C11H24O5SSi/c1-11(2,3)18(5,6)16-9(10(12)13)7-8-17(4,14)15/h9H,7-8H2,1-6H3,(H,12,13). The zero-order chi connectivity index (χ0) is 14.8. The molecule has 0 rings (SSSR count). The molecule has 0 heterocycles. The van der Waals surface area contributed by atoms with Crippen LogP contribution < -0.4 is 0 Å². The van der Waals surface area contributed by atoms with Gasteiger partial charge in [-0.3, -0.25) is 0 Å². The van der Waals surface area contributed by atoms with Crippen molar-refractivity contribution >= 4 is 24.1 Å². The van der Waals surface area contributed by atoms with Gasteiger partial charge in [-0.2, -0.15) is 0 Å². The quantitative estimate of drug-likeness (QED) is 0.757. The van der Waals surface area contributed by atoms with Gasteiger partial charge in [-0.15, -0.1) is 0 Å². The van der Waals surface area contributed by atoms with Crippen molar-refractivity contribution in [3.63, 3.8) is 0 Å². The van der Waals surface area contributed by atoms with Crippen molar-refractivity contribution in [1.29, 1.82) is 0 Å². The molecule has 1 unspecified atom stereocenters. The van der Waals surface area contributed by atoms with E-state index in [1.807, 2.05) is 33.9 Å². The molecule has 18 heavy (non-hydrogen) atoms. The van der Waals surface area contributed by atoms with Crippen LogP contribution in [0.15, 0.2) is 0 Å². The maximum Gasteiger partial charge on any atom is 0.331 e. The molecule has 0 aliphatic heterocycles. The van der Waals surface area contributed by atoms with E-state index in [4.69, 9.17) is 9.53 Å². The van der Waals surface area contributed by atoms with E-state index in [1.54, 1.807) is 0 Å². The van der Waals surface area contributed by atoms with Crippen molar-refractivity contribution in [3.8, 4) is 0 Å². The number of carboxylic acid groups (broad SMARTS) is 1. The van der Waals surface area contributed by atoms with E-state index in [-0.39, 0.29) is 17.2 Å². The minimum absolute atomic E-state index is 0.000671. The summed E-state index contributed by atoms with van der Waals surface area (Å²) in [5.74, 6) is -1.26. The highest BCUT2D eigenvalue weighted by atomic mass is 32.2. The third kappa shape index (κ3) is 5.97. The molecule has 0 aromatic heterocycles. The van der Waals surface area contributed by atoms with E-state index >= 15 is 0 Å². The van der Waals surface area contributed by atoms with Gasteiger partial charge in [-0.1, -0.05) is 20.8 Å². The minimum atomic E-state index is -3.17. The average molecular weight is 296 g/mol. The first-order valence-corrected chi connectivity index (χ1v) is 10.8. The van der Waals surface area contributed by atoms with Gasteiger partial charge in [0.2, 0.25) is 0 Å². The number of rotatable bonds is 6. The Morgan fingerprint density at radius 3 is 2.06 bits per heavy atom. The molecule has 0 spiro atoms. The predicted molar refractivity (Wildman–Crippen MR) is 74.0 cm³/mol. The Morgan fingerprint density at radius 2 is 1.78 bits per heavy atom. The second-order valence-corrected chi connectivity index (χ2v) is 13.1. The van der Waals surface area contributed by atoms with Crippen molar-refractivity contribution in [2.24, 2.45) is 0 Å². The molecule has 1 N–H and O–H groups in total. The third-order valence-corrected chi connectivity index (χ3v) is 8.73. The third-order valence-electron chi connectivity index (χ3n) is 3.27. The van der Waals surface area contributed by atoms with E-state index in [9.17, 15) is 13.2 Å². The van der Waals surface area contributed by atoms with Crippen LogP contribution in [0.1, 0.15) is 27.2 Å². The number of hydrogen-bond acceptors (Lipinski definition) is 4. The number of carboxylic acids is 1. The molecule has 0 aromatic rings. The van der Waals surface area contributed by atoms with Crippen LogP contribution in [0.5, 0.6) is 0 Å². The van der Waals surface area contributed by atoms with Crippen molar-refractivity contribution in [2.75, 3.05) is 12.0 Å². The van der Waals surface area contributed by atoms with Gasteiger partial charge in [0.25, 0.3) is 0 Å². The summed E-state index contributed by atoms with van der Waals surface area (Å²) in [7, 11) is -5.37. The highest BCUT2D eigenvalue weighted by Crippen LogP contribution is 2.37. The van der Waals surface area contributed by atoms with Gasteiger partial charge in [-0.05, 0) is 24.6 Å². The van der Waals surface area contributed by atoms with E-state index in [0.717, 1.165) is 6.26 Å². The van der Waals surface area contributed by atoms with Gasteiger partial charge >= 0.3 is 5.97 Å². The minimum Gasteiger partial charge on any atom is -0.479 e. The lowest BCUT2D eigenvalue weighted by atomic mass is 10.2. The monoisotopic (exact) mass is 296 g/mol. The van der Waals surface area contributed by atoms with E-state index in [2.05, 4.69) is 0 Å². The number of hydrogen-bond donors (Lipinski definition) is 1. The molecular weight excluding hydrogens is 272 g/mol. The molecule has 0 bridgehead atoms. The summed E-state index contributed by atoms with van der Waals surface area (Å²) >= 11 is 0. The van der Waals surface area contributed by atoms with Crippen LogP contribution in [0.25, 0.3) is 0 Å². The second kappa shape index (κ2) is 5.71. The maximum atomic E-state index is 11.1. The Hall–Kier alpha value is -0.403. The van der Waals surface area contributed by atoms with Crippen molar-refractivity contribution in [3.05, 3.63) is 0 Å². The SMILES string of the molecule is CC(C)(C)[Si](C)(C)OC(CCS(C)(=O)=O)C(=O)O. The average Bonchev–Trinajstić information content (AvgIpc) is 2.08. The van der Waals surface area contributed by atoms with Crippen LogP contribution in [0, 0.1) is 0 Å². The second-order valence-electron chi connectivity index (χ2n) is 6.12. The molecule has 0 aliphatic carbocycles. The summed E-state index contributed by atoms with van der Waals surface area (Å²) in [6.07, 6.45) is 0.0551. The van der Waals surface area contributed by atoms with Crippen molar-refractivity contribution < 1.29 is 22.7 Å². The summed E-state index contributed by atoms with van der Waals surface area (Å²) < 4.78 is 27.9. The molecule has 0 fully saturated rings. The molecule has 0 amide bonds. The molecule has 0 aliphatic rings. The first-order valence-electron chi connectivity index (χ1n) is 5.84. The van der Waals surface area contributed by atoms with Crippen LogP contribution in [0.4, 0.5) is 0 Å². The summed E-state index contributed by atoms with van der Waals surface area (Å²) in [5.41, 5.74) is 0. The van der Waals surface area contributed by atoms with E-state index in [1.165, 1.54) is 0 Å². The molecule has 0 saturated heterocycles. The Kier molecular flexibility index (Phi) is 5.58. The van der Waals surface area contributed by atoms with Crippen LogP contribution >= 0.6 is 0 Å². The predicted octanol–water partition coefficient (Wildman–Crippen LogP) is 1.90. The smallest absolute Gasteiger partial charge is 0.331 e. The summed E-state index contributed by atoms with van der Waals surface area (Å²) in [6.45, 7) is 9.92. The molecule has 1 atom stereocenters. The molecule has 0 radical (unpaired) electrons. The van der Waals surface area contributed by atoms with Crippen molar-refractivity contribution in [2.45, 2.75) is 51.4 Å². The lowest BCUT2D eigenvalue weighted by Gasteiger charge is -2.38. The lowest BCUT2D eigenvalue weighted by molar-refractivity contribution is -0.145. The summed E-state index contributed by atoms with van der Waals surface area (Å²) in [4.78, 5) is 11.1. The van der Waals surface area contributed by atoms with Crippen LogP contribution in [-0.4, -0.2) is 45.9 Å². The zero-order valence-corrected chi connectivity index (χ0v) is 13.8. The van der Waals surface area contributed by atoms with Crippen LogP contribution in [0.2, 0.25) is 18.1 Å². The maximum absolute atomic E-state index is 11.1. The Labute approximate surface area is 111 Å². The highest BCUT2D eigenvalue weighted by molar-refractivity contribution is 7.90. The molecular formula is C11H24O5SSi. The van der Waals surface area contributed by atoms with Gasteiger partial charge in [0.05, 0.1) is 5.75 Å². The van der Waals surface area contributed by atoms with Crippen LogP contribution in [0.3, 0.4) is 0 Å². The summed E-state index contributed by atoms with van der Waals surface area (Å²) in [5, 5.41) is 9.00. The molecule has 5 nitrogen and oxygen atoms in total. The fourth-order valence-electron chi connectivity index (χ4n) is 1.09. The van der Waals surface area contributed by atoms with Gasteiger partial charge in [-0.25, -0.2) is 13.2 Å². The van der Waals surface area contributed by atoms with Gasteiger partial charge in [0.1, 0.15) is 15.9 Å². The van der Waals surface area contributed by atoms with Crippen LogP contribution in [-0.2, 0) is 19.1 Å². The van der Waals surface area contributed by atoms with Gasteiger partial charge in [0.15, 0.2) is 8.32 Å². The lowest BCUT2D eigenvalue weighted by Crippen LogP contribution is -2.46. The summed E-state index contributed by atoms with van der Waals surface area (Å²) in [6, 6.07) is 0. The largest absolute Gasteiger partial charge is 0.479 e. The van der Waals surface area contributed by atoms with Crippen molar-refractivity contribution in [1.82, 2.24) is 0 Å². The Balaban J connectivity index is 4.80. The number of carbonyl (C=O) groups is 1. The normalized spacial score (nSPS) is 15.4. The first kappa shape index (κ1) is 17.6. The van der Waals surface area contributed by atoms with Gasteiger partial charge in [0, 0.05) is 6.26 Å². The fraction of sp³-hybridized carbons (Fsp3) is 0.909. The highest BCUT2D eigenvalue weighted by Gasteiger charge is 2.40. The van der Waals surface area contributed by atoms with E-state index < -0.39 is 30.2 Å². The number of aliphatic carboxylic acids is 1. The Morgan fingerprint density at radius 1 is 1.33 bits per heavy atom. The zero-order valence-electron chi connectivity index (χ0n) is 12.0. The molecule has 0 aromatic carbocycles. The molecule has 7 heteroatoms. The first-order chi connectivity index (χ1) is 7.76. The fourth-order valence-corrected chi connectivity index (χ4v) is 3.01. The van der Waals surface area contributed by atoms with E-state index in [0.29, 0.717) is 0 Å². The topological polar surface area (TPSA) is 80.7 Å². The number of sulfone groups is 1. The Bertz CT molecular complexity index is 394. The molecule has 0 saturated carbocycles.